The van der Waals surface area contributed by atoms with Gasteiger partial charge in [-0.05, 0) is 36.5 Å². The van der Waals surface area contributed by atoms with Crippen molar-refractivity contribution in [2.45, 2.75) is 39.0 Å². The third kappa shape index (κ3) is 1.15. The maximum atomic E-state index is 5.67. The van der Waals surface area contributed by atoms with E-state index in [9.17, 15) is 0 Å². The van der Waals surface area contributed by atoms with E-state index in [1.54, 1.807) is 0 Å². The highest BCUT2D eigenvalue weighted by Gasteiger charge is 2.54. The van der Waals surface area contributed by atoms with Crippen molar-refractivity contribution in [1.82, 2.24) is 10.2 Å². The highest BCUT2D eigenvalue weighted by molar-refractivity contribution is 5.31. The normalized spacial score (nSPS) is 37.3. The van der Waals surface area contributed by atoms with Crippen molar-refractivity contribution in [2.24, 2.45) is 17.3 Å². The van der Waals surface area contributed by atoms with Crippen LogP contribution in [0, 0.1) is 17.3 Å². The second-order valence-electron chi connectivity index (χ2n) is 5.79. The van der Waals surface area contributed by atoms with Crippen LogP contribution in [0.4, 0.5) is 5.82 Å². The number of hydrogen-bond donors (Lipinski definition) is 2. The second kappa shape index (κ2) is 2.77. The highest BCUT2D eigenvalue weighted by Crippen LogP contribution is 2.63. The number of anilines is 1. The average Bonchev–Trinajstić information content (AvgIpc) is 2.64. The Hall–Kier alpha value is -0.990. The molecule has 3 N–H and O–H groups in total. The smallest absolute Gasteiger partial charge is 0.145 e. The number of aromatic amines is 1. The molecule has 1 heterocycles. The van der Waals surface area contributed by atoms with Gasteiger partial charge in [-0.3, -0.25) is 5.10 Å². The minimum atomic E-state index is 0.531. The first-order valence-electron chi connectivity index (χ1n) is 5.90. The van der Waals surface area contributed by atoms with Crippen molar-refractivity contribution < 1.29 is 0 Å². The van der Waals surface area contributed by atoms with Crippen LogP contribution < -0.4 is 5.73 Å². The molecule has 15 heavy (non-hydrogen) atoms. The lowest BCUT2D eigenvalue weighted by molar-refractivity contribution is -0.0814. The molecule has 3 nitrogen and oxygen atoms in total. The van der Waals surface area contributed by atoms with Crippen molar-refractivity contribution in [2.75, 3.05) is 5.73 Å². The summed E-state index contributed by atoms with van der Waals surface area (Å²) in [5.74, 6) is 3.08. The van der Waals surface area contributed by atoms with Gasteiger partial charge in [-0.15, -0.1) is 0 Å². The van der Waals surface area contributed by atoms with E-state index in [1.165, 1.54) is 25.0 Å². The Kier molecular flexibility index (Phi) is 1.71. The Morgan fingerprint density at radius 2 is 2.27 bits per heavy atom. The number of aromatic nitrogens is 2. The summed E-state index contributed by atoms with van der Waals surface area (Å²) in [6, 6.07) is 2.01. The van der Waals surface area contributed by atoms with Crippen LogP contribution in [-0.4, -0.2) is 10.2 Å². The van der Waals surface area contributed by atoms with E-state index in [1.807, 2.05) is 6.07 Å². The number of nitrogens with one attached hydrogen (secondary N) is 1. The molecule has 3 unspecified atom stereocenters. The molecule has 1 aromatic heterocycles. The summed E-state index contributed by atoms with van der Waals surface area (Å²) < 4.78 is 0. The van der Waals surface area contributed by atoms with Gasteiger partial charge in [0.1, 0.15) is 5.82 Å². The molecule has 3 fully saturated rings. The second-order valence-corrected chi connectivity index (χ2v) is 5.79. The van der Waals surface area contributed by atoms with Crippen LogP contribution in [0.5, 0.6) is 0 Å². The van der Waals surface area contributed by atoms with Gasteiger partial charge in [-0.1, -0.05) is 13.8 Å². The molecule has 3 heteroatoms. The maximum absolute atomic E-state index is 5.67. The molecular weight excluding hydrogens is 186 g/mol. The fourth-order valence-electron chi connectivity index (χ4n) is 3.73. The van der Waals surface area contributed by atoms with Crippen LogP contribution in [0.3, 0.4) is 0 Å². The quantitative estimate of drug-likeness (QED) is 0.740. The number of hydrogen-bond acceptors (Lipinski definition) is 2. The van der Waals surface area contributed by atoms with Gasteiger partial charge in [0, 0.05) is 17.7 Å². The zero-order valence-electron chi connectivity index (χ0n) is 9.46. The Balaban J connectivity index is 1.88. The molecule has 4 rings (SSSR count). The molecule has 0 spiro atoms. The van der Waals surface area contributed by atoms with Crippen LogP contribution >= 0.6 is 0 Å². The molecule has 0 radical (unpaired) electrons. The Bertz CT molecular complexity index is 378. The highest BCUT2D eigenvalue weighted by atomic mass is 15.2. The van der Waals surface area contributed by atoms with Gasteiger partial charge in [0.05, 0.1) is 0 Å². The van der Waals surface area contributed by atoms with Gasteiger partial charge >= 0.3 is 0 Å². The van der Waals surface area contributed by atoms with E-state index in [4.69, 9.17) is 5.73 Å². The van der Waals surface area contributed by atoms with Gasteiger partial charge in [-0.25, -0.2) is 0 Å². The number of H-pyrrole nitrogens is 1. The van der Waals surface area contributed by atoms with Gasteiger partial charge < -0.3 is 5.73 Å². The lowest BCUT2D eigenvalue weighted by Crippen LogP contribution is -2.51. The van der Waals surface area contributed by atoms with Crippen molar-refractivity contribution in [3.63, 3.8) is 0 Å². The number of nitrogens with zero attached hydrogens (tertiary/aromatic N) is 1. The van der Waals surface area contributed by atoms with E-state index < -0.39 is 0 Å². The predicted molar refractivity (Wildman–Crippen MR) is 60.4 cm³/mol. The molecule has 0 aromatic carbocycles. The monoisotopic (exact) mass is 205 g/mol. The lowest BCUT2D eigenvalue weighted by Gasteiger charge is -2.60. The molecule has 0 aliphatic heterocycles. The topological polar surface area (TPSA) is 54.7 Å². The molecule has 0 saturated heterocycles. The van der Waals surface area contributed by atoms with Crippen LogP contribution in [0.1, 0.15) is 44.7 Å². The molecular formula is C12H19N3. The average molecular weight is 205 g/mol. The fraction of sp³-hybridized carbons (Fsp3) is 0.750. The van der Waals surface area contributed by atoms with Gasteiger partial charge in [0.15, 0.2) is 0 Å². The minimum Gasteiger partial charge on any atom is -0.382 e. The van der Waals surface area contributed by atoms with Gasteiger partial charge in [0.25, 0.3) is 0 Å². The van der Waals surface area contributed by atoms with Crippen molar-refractivity contribution in [3.05, 3.63) is 11.8 Å². The van der Waals surface area contributed by atoms with E-state index in [0.29, 0.717) is 17.2 Å². The first kappa shape index (κ1) is 9.25. The van der Waals surface area contributed by atoms with Gasteiger partial charge in [0.2, 0.25) is 0 Å². The van der Waals surface area contributed by atoms with E-state index in [2.05, 4.69) is 24.0 Å². The number of nitrogen functional groups attached to an aromatic ring is 1. The van der Waals surface area contributed by atoms with Crippen LogP contribution in [0.2, 0.25) is 0 Å². The SMILES string of the molecule is CC1(C)C2CCC(c3cc(N)n[nH]3)C1C2. The summed E-state index contributed by atoms with van der Waals surface area (Å²) in [4.78, 5) is 0. The van der Waals surface area contributed by atoms with Crippen molar-refractivity contribution in [3.8, 4) is 0 Å². The molecule has 3 aliphatic rings. The van der Waals surface area contributed by atoms with E-state index >= 15 is 0 Å². The summed E-state index contributed by atoms with van der Waals surface area (Å²) in [5.41, 5.74) is 7.45. The lowest BCUT2D eigenvalue weighted by atomic mass is 9.45. The Morgan fingerprint density at radius 1 is 1.47 bits per heavy atom. The molecule has 3 aliphatic carbocycles. The van der Waals surface area contributed by atoms with Crippen LogP contribution in [-0.2, 0) is 0 Å². The summed E-state index contributed by atoms with van der Waals surface area (Å²) in [5, 5.41) is 7.14. The fourth-order valence-corrected chi connectivity index (χ4v) is 3.73. The molecule has 2 bridgehead atoms. The molecule has 0 amide bonds. The van der Waals surface area contributed by atoms with E-state index in [-0.39, 0.29) is 0 Å². The maximum Gasteiger partial charge on any atom is 0.145 e. The summed E-state index contributed by atoms with van der Waals surface area (Å²) in [6.07, 6.45) is 4.07. The third-order valence-corrected chi connectivity index (χ3v) is 4.88. The summed E-state index contributed by atoms with van der Waals surface area (Å²) >= 11 is 0. The van der Waals surface area contributed by atoms with Gasteiger partial charge in [-0.2, -0.15) is 5.10 Å². The number of fused-ring (bicyclic) bond motifs is 2. The van der Waals surface area contributed by atoms with Crippen molar-refractivity contribution >= 4 is 5.82 Å². The molecule has 3 saturated carbocycles. The third-order valence-electron chi connectivity index (χ3n) is 4.88. The molecule has 82 valence electrons. The molecule has 3 atom stereocenters. The Morgan fingerprint density at radius 3 is 2.80 bits per heavy atom. The Labute approximate surface area is 90.4 Å². The number of nitrogens with two attached hydrogens (primary N) is 1. The standard InChI is InChI=1S/C12H19N3/c1-12(2)7-3-4-8(9(12)5-7)10-6-11(13)15-14-10/h6-9H,3-5H2,1-2H3,(H3,13,14,15). The largest absolute Gasteiger partial charge is 0.382 e. The zero-order chi connectivity index (χ0) is 10.6. The summed E-state index contributed by atoms with van der Waals surface area (Å²) in [7, 11) is 0. The van der Waals surface area contributed by atoms with Crippen molar-refractivity contribution in [1.29, 1.82) is 0 Å². The number of rotatable bonds is 1. The van der Waals surface area contributed by atoms with Crippen LogP contribution in [0.25, 0.3) is 0 Å². The summed E-state index contributed by atoms with van der Waals surface area (Å²) in [6.45, 7) is 4.83. The first-order valence-corrected chi connectivity index (χ1v) is 5.90. The zero-order valence-corrected chi connectivity index (χ0v) is 9.46. The molecule has 1 aromatic rings. The van der Waals surface area contributed by atoms with E-state index in [0.717, 1.165) is 11.8 Å². The first-order chi connectivity index (χ1) is 7.09. The minimum absolute atomic E-state index is 0.531. The predicted octanol–water partition coefficient (Wildman–Crippen LogP) is 2.53. The van der Waals surface area contributed by atoms with Crippen LogP contribution in [0.15, 0.2) is 6.07 Å².